The zero-order chi connectivity index (χ0) is 12.4. The van der Waals surface area contributed by atoms with Crippen LogP contribution in [0.25, 0.3) is 0 Å². The number of aromatic nitrogens is 2. The number of hydrogen-bond donors (Lipinski definition) is 1. The van der Waals surface area contributed by atoms with Crippen LogP contribution in [-0.4, -0.2) is 16.2 Å². The Balaban J connectivity index is 1.63. The Kier molecular flexibility index (Phi) is 3.59. The predicted octanol–water partition coefficient (Wildman–Crippen LogP) is 3.03. The largest absolute Gasteiger partial charge is 0.308 e. The lowest BCUT2D eigenvalue weighted by molar-refractivity contribution is 0.678. The molecule has 0 saturated heterocycles. The van der Waals surface area contributed by atoms with Gasteiger partial charge in [0.2, 0.25) is 0 Å². The van der Waals surface area contributed by atoms with Crippen molar-refractivity contribution in [3.8, 4) is 0 Å². The molecule has 3 rings (SSSR count). The Morgan fingerprint density at radius 1 is 1.22 bits per heavy atom. The topological polar surface area (TPSA) is 37.8 Å². The van der Waals surface area contributed by atoms with Gasteiger partial charge in [-0.15, -0.1) is 10.2 Å². The quantitative estimate of drug-likeness (QED) is 0.914. The highest BCUT2D eigenvalue weighted by molar-refractivity contribution is 7.11. The van der Waals surface area contributed by atoms with Gasteiger partial charge in [-0.05, 0) is 24.5 Å². The van der Waals surface area contributed by atoms with Crippen LogP contribution in [0.4, 0.5) is 0 Å². The first-order valence-corrected chi connectivity index (χ1v) is 7.29. The highest BCUT2D eigenvalue weighted by Crippen LogP contribution is 2.22. The van der Waals surface area contributed by atoms with Crippen molar-refractivity contribution in [2.45, 2.75) is 31.8 Å². The van der Waals surface area contributed by atoms with Gasteiger partial charge in [-0.1, -0.05) is 41.1 Å². The molecule has 1 aliphatic carbocycles. The number of halogens is 1. The predicted molar refractivity (Wildman–Crippen MR) is 74.0 cm³/mol. The molecule has 2 aromatic rings. The summed E-state index contributed by atoms with van der Waals surface area (Å²) >= 11 is 7.80. The maximum absolute atomic E-state index is 6.14. The van der Waals surface area contributed by atoms with Crippen molar-refractivity contribution in [2.75, 3.05) is 0 Å². The van der Waals surface area contributed by atoms with Crippen LogP contribution in [0.1, 0.15) is 28.4 Å². The maximum atomic E-state index is 6.14. The lowest BCUT2D eigenvalue weighted by atomic mass is 10.2. The minimum absolute atomic E-state index is 0.709. The van der Waals surface area contributed by atoms with E-state index in [-0.39, 0.29) is 0 Å². The molecule has 5 heteroatoms. The van der Waals surface area contributed by atoms with Crippen LogP contribution in [0.15, 0.2) is 24.3 Å². The second-order valence-electron chi connectivity index (χ2n) is 4.51. The van der Waals surface area contributed by atoms with Gasteiger partial charge in [0.05, 0.1) is 0 Å². The monoisotopic (exact) mass is 279 g/mol. The first-order chi connectivity index (χ1) is 8.81. The molecule has 1 heterocycles. The molecule has 1 fully saturated rings. The van der Waals surface area contributed by atoms with Gasteiger partial charge in [0.15, 0.2) is 0 Å². The van der Waals surface area contributed by atoms with E-state index in [0.29, 0.717) is 6.04 Å². The molecular formula is C13H14ClN3S. The van der Waals surface area contributed by atoms with E-state index in [1.54, 1.807) is 11.3 Å². The van der Waals surface area contributed by atoms with Crippen molar-refractivity contribution in [2.24, 2.45) is 0 Å². The summed E-state index contributed by atoms with van der Waals surface area (Å²) in [5, 5.41) is 14.7. The zero-order valence-corrected chi connectivity index (χ0v) is 11.5. The van der Waals surface area contributed by atoms with Crippen LogP contribution in [0.2, 0.25) is 5.02 Å². The molecule has 18 heavy (non-hydrogen) atoms. The van der Waals surface area contributed by atoms with Gasteiger partial charge in [0, 0.05) is 24.0 Å². The Hall–Kier alpha value is -0.970. The van der Waals surface area contributed by atoms with Crippen LogP contribution >= 0.6 is 22.9 Å². The van der Waals surface area contributed by atoms with Crippen LogP contribution in [0, 0.1) is 0 Å². The maximum Gasteiger partial charge on any atom is 0.131 e. The second-order valence-corrected chi connectivity index (χ2v) is 6.07. The smallest absolute Gasteiger partial charge is 0.131 e. The fourth-order valence-corrected chi connectivity index (χ4v) is 2.78. The van der Waals surface area contributed by atoms with Crippen molar-refractivity contribution in [3.05, 3.63) is 44.9 Å². The van der Waals surface area contributed by atoms with E-state index in [9.17, 15) is 0 Å². The lowest BCUT2D eigenvalue weighted by Gasteiger charge is -1.99. The molecule has 94 valence electrons. The third kappa shape index (κ3) is 3.07. The summed E-state index contributed by atoms with van der Waals surface area (Å²) in [6, 6.07) is 8.59. The van der Waals surface area contributed by atoms with E-state index in [1.807, 2.05) is 24.3 Å². The van der Waals surface area contributed by atoms with E-state index < -0.39 is 0 Å². The summed E-state index contributed by atoms with van der Waals surface area (Å²) < 4.78 is 0. The van der Waals surface area contributed by atoms with Crippen molar-refractivity contribution in [1.29, 1.82) is 0 Å². The zero-order valence-electron chi connectivity index (χ0n) is 9.90. The Morgan fingerprint density at radius 2 is 2.00 bits per heavy atom. The van der Waals surface area contributed by atoms with Gasteiger partial charge >= 0.3 is 0 Å². The molecule has 1 aromatic heterocycles. The van der Waals surface area contributed by atoms with Crippen molar-refractivity contribution >= 4 is 22.9 Å². The van der Waals surface area contributed by atoms with E-state index in [0.717, 1.165) is 33.6 Å². The average Bonchev–Trinajstić information content (AvgIpc) is 3.10. The molecule has 1 aromatic carbocycles. The molecule has 1 N–H and O–H groups in total. The number of hydrogen-bond acceptors (Lipinski definition) is 4. The van der Waals surface area contributed by atoms with Crippen LogP contribution in [0.5, 0.6) is 0 Å². The Morgan fingerprint density at radius 3 is 2.78 bits per heavy atom. The summed E-state index contributed by atoms with van der Waals surface area (Å²) in [5.74, 6) is 0. The van der Waals surface area contributed by atoms with Gasteiger partial charge in [0.25, 0.3) is 0 Å². The van der Waals surface area contributed by atoms with Gasteiger partial charge < -0.3 is 5.32 Å². The van der Waals surface area contributed by atoms with E-state index in [4.69, 9.17) is 11.6 Å². The van der Waals surface area contributed by atoms with Crippen molar-refractivity contribution in [3.63, 3.8) is 0 Å². The minimum atomic E-state index is 0.709. The molecule has 0 atom stereocenters. The molecule has 0 amide bonds. The average molecular weight is 280 g/mol. The second kappa shape index (κ2) is 5.34. The summed E-state index contributed by atoms with van der Waals surface area (Å²) in [4.78, 5) is 0. The SMILES string of the molecule is Clc1ccccc1Cc1nnc(CNC2CC2)s1. The Labute approximate surface area is 115 Å². The lowest BCUT2D eigenvalue weighted by Crippen LogP contribution is -2.14. The molecule has 0 unspecified atom stereocenters. The van der Waals surface area contributed by atoms with E-state index >= 15 is 0 Å². The van der Waals surface area contributed by atoms with Crippen molar-refractivity contribution in [1.82, 2.24) is 15.5 Å². The van der Waals surface area contributed by atoms with E-state index in [2.05, 4.69) is 15.5 Å². The molecule has 0 aliphatic heterocycles. The van der Waals surface area contributed by atoms with Crippen LogP contribution in [0.3, 0.4) is 0 Å². The summed E-state index contributed by atoms with van der Waals surface area (Å²) in [7, 11) is 0. The Bertz CT molecular complexity index is 537. The minimum Gasteiger partial charge on any atom is -0.308 e. The van der Waals surface area contributed by atoms with E-state index in [1.165, 1.54) is 12.8 Å². The summed E-state index contributed by atoms with van der Waals surface area (Å²) in [5.41, 5.74) is 1.11. The normalized spacial score (nSPS) is 14.9. The number of nitrogens with one attached hydrogen (secondary N) is 1. The molecule has 3 nitrogen and oxygen atoms in total. The van der Waals surface area contributed by atoms with Gasteiger partial charge in [-0.25, -0.2) is 0 Å². The molecule has 0 radical (unpaired) electrons. The number of nitrogens with zero attached hydrogens (tertiary/aromatic N) is 2. The third-order valence-corrected chi connectivity index (χ3v) is 4.22. The third-order valence-electron chi connectivity index (χ3n) is 2.93. The molecular weight excluding hydrogens is 266 g/mol. The van der Waals surface area contributed by atoms with Crippen molar-refractivity contribution < 1.29 is 0 Å². The van der Waals surface area contributed by atoms with Gasteiger partial charge in [0.1, 0.15) is 10.0 Å². The molecule has 1 saturated carbocycles. The van der Waals surface area contributed by atoms with Crippen LogP contribution in [-0.2, 0) is 13.0 Å². The van der Waals surface area contributed by atoms with Gasteiger partial charge in [-0.3, -0.25) is 0 Å². The summed E-state index contributed by atoms with van der Waals surface area (Å²) in [6.07, 6.45) is 3.36. The highest BCUT2D eigenvalue weighted by atomic mass is 35.5. The number of benzene rings is 1. The molecule has 0 spiro atoms. The highest BCUT2D eigenvalue weighted by Gasteiger charge is 2.20. The van der Waals surface area contributed by atoms with Crippen LogP contribution < -0.4 is 5.32 Å². The first kappa shape index (κ1) is 12.1. The first-order valence-electron chi connectivity index (χ1n) is 6.09. The summed E-state index contributed by atoms with van der Waals surface area (Å²) in [6.45, 7) is 0.838. The molecule has 0 bridgehead atoms. The fraction of sp³-hybridized carbons (Fsp3) is 0.385. The standard InChI is InChI=1S/C13H14ClN3S/c14-11-4-2-1-3-9(11)7-12-16-17-13(18-12)8-15-10-5-6-10/h1-4,10,15H,5-8H2. The van der Waals surface area contributed by atoms with Gasteiger partial charge in [-0.2, -0.15) is 0 Å². The fourth-order valence-electron chi connectivity index (χ4n) is 1.76. The molecule has 1 aliphatic rings. The number of rotatable bonds is 5.